The van der Waals surface area contributed by atoms with Gasteiger partial charge in [-0.15, -0.1) is 0 Å². The first-order valence-corrected chi connectivity index (χ1v) is 15.0. The van der Waals surface area contributed by atoms with E-state index in [1.54, 1.807) is 38.1 Å². The Hall–Kier alpha value is -3.56. The van der Waals surface area contributed by atoms with E-state index >= 15 is 0 Å². The molecule has 214 valence electrons. The van der Waals surface area contributed by atoms with Gasteiger partial charge in [-0.3, -0.25) is 13.9 Å². The molecule has 0 aliphatic carbocycles. The fraction of sp³-hybridized carbons (Fsp3) is 0.333. The second-order valence-corrected chi connectivity index (χ2v) is 11.6. The van der Waals surface area contributed by atoms with E-state index in [0.29, 0.717) is 23.9 Å². The van der Waals surface area contributed by atoms with E-state index < -0.39 is 28.5 Å². The van der Waals surface area contributed by atoms with E-state index in [9.17, 15) is 18.0 Å². The van der Waals surface area contributed by atoms with Crippen molar-refractivity contribution < 1.29 is 22.7 Å². The zero-order valence-electron chi connectivity index (χ0n) is 23.3. The molecule has 0 heterocycles. The Kier molecular flexibility index (Phi) is 11.0. The minimum atomic E-state index is -4.23. The Morgan fingerprint density at radius 2 is 1.70 bits per heavy atom. The number of hydrogen-bond donors (Lipinski definition) is 1. The van der Waals surface area contributed by atoms with Gasteiger partial charge in [0.2, 0.25) is 11.8 Å². The van der Waals surface area contributed by atoms with Crippen LogP contribution in [0.2, 0.25) is 5.02 Å². The largest absolute Gasteiger partial charge is 0.492 e. The topological polar surface area (TPSA) is 96.0 Å². The number of rotatable bonds is 13. The van der Waals surface area contributed by atoms with Gasteiger partial charge >= 0.3 is 0 Å². The first kappa shape index (κ1) is 31.0. The van der Waals surface area contributed by atoms with Crippen LogP contribution in [-0.4, -0.2) is 50.9 Å². The van der Waals surface area contributed by atoms with Crippen LogP contribution < -0.4 is 14.4 Å². The summed E-state index contributed by atoms with van der Waals surface area (Å²) in [4.78, 5) is 28.4. The summed E-state index contributed by atoms with van der Waals surface area (Å²) in [5.74, 6) is -0.538. The van der Waals surface area contributed by atoms with Crippen molar-refractivity contribution in [2.75, 3.05) is 24.0 Å². The number of hydrogen-bond acceptors (Lipinski definition) is 5. The molecule has 0 bridgehead atoms. The van der Waals surface area contributed by atoms with Crippen LogP contribution in [0.3, 0.4) is 0 Å². The Morgan fingerprint density at radius 1 is 1.00 bits per heavy atom. The lowest BCUT2D eigenvalue weighted by atomic mass is 10.1. The second kappa shape index (κ2) is 14.2. The van der Waals surface area contributed by atoms with Gasteiger partial charge in [0.15, 0.2) is 0 Å². The van der Waals surface area contributed by atoms with Gasteiger partial charge in [-0.1, -0.05) is 60.5 Å². The maximum atomic E-state index is 14.0. The molecule has 1 atom stereocenters. The highest BCUT2D eigenvalue weighted by molar-refractivity contribution is 7.92. The van der Waals surface area contributed by atoms with Crippen molar-refractivity contribution >= 4 is 39.1 Å². The lowest BCUT2D eigenvalue weighted by Crippen LogP contribution is -2.51. The van der Waals surface area contributed by atoms with Crippen LogP contribution >= 0.6 is 11.6 Å². The molecule has 40 heavy (non-hydrogen) atoms. The molecule has 3 rings (SSSR count). The first-order chi connectivity index (χ1) is 19.1. The summed E-state index contributed by atoms with van der Waals surface area (Å²) < 4.78 is 34.7. The zero-order chi connectivity index (χ0) is 29.3. The normalized spacial score (nSPS) is 11.9. The number of amides is 2. The molecule has 8 nitrogen and oxygen atoms in total. The third-order valence-electron chi connectivity index (χ3n) is 6.27. The highest BCUT2D eigenvalue weighted by Gasteiger charge is 2.33. The summed E-state index contributed by atoms with van der Waals surface area (Å²) in [7, 11) is -4.23. The van der Waals surface area contributed by atoms with E-state index in [1.165, 1.54) is 29.2 Å². The van der Waals surface area contributed by atoms with E-state index in [0.717, 1.165) is 21.9 Å². The van der Waals surface area contributed by atoms with Crippen molar-refractivity contribution in [3.05, 3.63) is 88.9 Å². The molecular weight excluding hydrogens is 550 g/mol. The number of benzene rings is 3. The van der Waals surface area contributed by atoms with Gasteiger partial charge < -0.3 is 15.0 Å². The molecule has 10 heteroatoms. The predicted molar refractivity (Wildman–Crippen MR) is 158 cm³/mol. The van der Waals surface area contributed by atoms with E-state index in [2.05, 4.69) is 5.32 Å². The van der Waals surface area contributed by atoms with Gasteiger partial charge in [0.1, 0.15) is 18.3 Å². The molecule has 0 spiro atoms. The Balaban J connectivity index is 2.07. The molecule has 0 aromatic heterocycles. The maximum absolute atomic E-state index is 14.0. The SMILES string of the molecule is CCCNC(=O)[C@@H](C)N(Cc1cccc(C)c1)C(=O)CN(c1ccccc1OCC)S(=O)(=O)c1ccc(Cl)cc1. The van der Waals surface area contributed by atoms with Crippen molar-refractivity contribution in [1.29, 1.82) is 0 Å². The maximum Gasteiger partial charge on any atom is 0.264 e. The highest BCUT2D eigenvalue weighted by Crippen LogP contribution is 2.33. The van der Waals surface area contributed by atoms with Crippen molar-refractivity contribution in [2.24, 2.45) is 0 Å². The van der Waals surface area contributed by atoms with Crippen molar-refractivity contribution in [2.45, 2.75) is 51.6 Å². The molecule has 0 radical (unpaired) electrons. The number of nitrogens with zero attached hydrogens (tertiary/aromatic N) is 2. The number of aryl methyl sites for hydroxylation is 1. The molecule has 1 N–H and O–H groups in total. The van der Waals surface area contributed by atoms with Gasteiger partial charge in [0.05, 0.1) is 17.2 Å². The predicted octanol–water partition coefficient (Wildman–Crippen LogP) is 5.19. The number of nitrogens with one attached hydrogen (secondary N) is 1. The van der Waals surface area contributed by atoms with Gasteiger partial charge in [0.25, 0.3) is 10.0 Å². The Labute approximate surface area is 241 Å². The standard InChI is InChI=1S/C30H36ClN3O5S/c1-5-18-32-30(36)23(4)33(20-24-11-9-10-22(3)19-24)29(35)21-34(27-12-7-8-13-28(27)39-6-2)40(37,38)26-16-14-25(31)15-17-26/h7-17,19,23H,5-6,18,20-21H2,1-4H3,(H,32,36)/t23-/m1/s1. The van der Waals surface area contributed by atoms with E-state index in [1.807, 2.05) is 38.1 Å². The summed E-state index contributed by atoms with van der Waals surface area (Å²) in [5, 5.41) is 3.22. The second-order valence-electron chi connectivity index (χ2n) is 9.34. The number of ether oxygens (including phenoxy) is 1. The monoisotopic (exact) mass is 585 g/mol. The molecule has 0 aliphatic rings. The van der Waals surface area contributed by atoms with Gasteiger partial charge in [-0.05, 0) is 69.2 Å². The molecule has 0 unspecified atom stereocenters. The number of sulfonamides is 1. The van der Waals surface area contributed by atoms with Crippen LogP contribution in [0.25, 0.3) is 0 Å². The molecule has 3 aromatic rings. The summed E-state index contributed by atoms with van der Waals surface area (Å²) in [6.45, 7) is 7.66. The highest BCUT2D eigenvalue weighted by atomic mass is 35.5. The fourth-order valence-corrected chi connectivity index (χ4v) is 5.72. The van der Waals surface area contributed by atoms with Gasteiger partial charge in [-0.25, -0.2) is 8.42 Å². The molecule has 3 aromatic carbocycles. The third kappa shape index (κ3) is 7.76. The van der Waals surface area contributed by atoms with E-state index in [4.69, 9.17) is 16.3 Å². The average Bonchev–Trinajstić information content (AvgIpc) is 2.93. The zero-order valence-corrected chi connectivity index (χ0v) is 24.8. The number of carbonyl (C=O) groups is 2. The van der Waals surface area contributed by atoms with Gasteiger partial charge in [0, 0.05) is 18.1 Å². The molecule has 0 saturated heterocycles. The van der Waals surface area contributed by atoms with Crippen LogP contribution in [0.1, 0.15) is 38.3 Å². The summed E-state index contributed by atoms with van der Waals surface area (Å²) in [5.41, 5.74) is 2.04. The smallest absolute Gasteiger partial charge is 0.264 e. The molecule has 2 amide bonds. The molecular formula is C30H36ClN3O5S. The van der Waals surface area contributed by atoms with Crippen LogP contribution in [0.5, 0.6) is 5.75 Å². The number of carbonyl (C=O) groups excluding carboxylic acids is 2. The van der Waals surface area contributed by atoms with Crippen LogP contribution in [-0.2, 0) is 26.2 Å². The van der Waals surface area contributed by atoms with Gasteiger partial charge in [-0.2, -0.15) is 0 Å². The van der Waals surface area contributed by atoms with Crippen molar-refractivity contribution in [3.63, 3.8) is 0 Å². The summed E-state index contributed by atoms with van der Waals surface area (Å²) in [6, 6.07) is 19.2. The van der Waals surface area contributed by atoms with Crippen molar-refractivity contribution in [3.8, 4) is 5.75 Å². The Morgan fingerprint density at radius 3 is 2.35 bits per heavy atom. The lowest BCUT2D eigenvalue weighted by Gasteiger charge is -2.32. The minimum absolute atomic E-state index is 0.0324. The van der Waals surface area contributed by atoms with Crippen LogP contribution in [0.4, 0.5) is 5.69 Å². The van der Waals surface area contributed by atoms with Crippen molar-refractivity contribution in [1.82, 2.24) is 10.2 Å². The number of halogens is 1. The fourth-order valence-electron chi connectivity index (χ4n) is 4.17. The van der Waals surface area contributed by atoms with Crippen LogP contribution in [0, 0.1) is 6.92 Å². The number of anilines is 1. The van der Waals surface area contributed by atoms with Crippen LogP contribution in [0.15, 0.2) is 77.7 Å². The summed E-state index contributed by atoms with van der Waals surface area (Å²) >= 11 is 6.01. The molecule has 0 aliphatic heterocycles. The van der Waals surface area contributed by atoms with E-state index in [-0.39, 0.29) is 23.0 Å². The third-order valence-corrected chi connectivity index (χ3v) is 8.29. The Bertz CT molecular complexity index is 1410. The molecule has 0 fully saturated rings. The quantitative estimate of drug-likeness (QED) is 0.298. The minimum Gasteiger partial charge on any atom is -0.492 e. The lowest BCUT2D eigenvalue weighted by molar-refractivity contribution is -0.139. The average molecular weight is 586 g/mol. The molecule has 0 saturated carbocycles. The number of para-hydroxylation sites is 2. The first-order valence-electron chi connectivity index (χ1n) is 13.2. The summed E-state index contributed by atoms with van der Waals surface area (Å²) in [6.07, 6.45) is 0.742.